The summed E-state index contributed by atoms with van der Waals surface area (Å²) in [6, 6.07) is 2.87. The van der Waals surface area contributed by atoms with Gasteiger partial charge in [-0.2, -0.15) is 0 Å². The van der Waals surface area contributed by atoms with E-state index in [1.165, 1.54) is 25.3 Å². The molecule has 0 amide bonds. The van der Waals surface area contributed by atoms with Crippen LogP contribution in [0, 0.1) is 0 Å². The molecule has 1 heterocycles. The van der Waals surface area contributed by atoms with Gasteiger partial charge in [-0.05, 0) is 18.2 Å². The second-order valence-electron chi connectivity index (χ2n) is 2.44. The van der Waals surface area contributed by atoms with Crippen LogP contribution in [0.5, 0.6) is 11.6 Å². The Balaban J connectivity index is 2.95. The number of nitrogens with zero attached hydrogens (tertiary/aromatic N) is 1. The van der Waals surface area contributed by atoms with Crippen LogP contribution in [0.15, 0.2) is 18.2 Å². The average molecular weight is 195 g/mol. The summed E-state index contributed by atoms with van der Waals surface area (Å²) >= 11 is 0. The van der Waals surface area contributed by atoms with Crippen LogP contribution in [0.4, 0.5) is 0 Å². The zero-order valence-electron chi connectivity index (χ0n) is 7.47. The van der Waals surface area contributed by atoms with E-state index in [0.29, 0.717) is 5.69 Å². The molecular weight excluding hydrogens is 186 g/mol. The first-order valence-electron chi connectivity index (χ1n) is 3.78. The Morgan fingerprint density at radius 3 is 2.86 bits per heavy atom. The van der Waals surface area contributed by atoms with Gasteiger partial charge in [0, 0.05) is 6.08 Å². The third-order valence-corrected chi connectivity index (χ3v) is 1.45. The number of rotatable bonds is 3. The fraction of sp³-hybridized carbons (Fsp3) is 0.111. The van der Waals surface area contributed by atoms with Gasteiger partial charge in [-0.3, -0.25) is 0 Å². The SMILES string of the molecule is COc1nc(/C=C/C(=O)O)ccc1O. The standard InChI is InChI=1S/C9H9NO4/c1-14-9-7(11)4-2-6(10-9)3-5-8(12)13/h2-5,11H,1H3,(H,12,13)/b5-3+. The molecule has 0 unspecified atom stereocenters. The van der Waals surface area contributed by atoms with Gasteiger partial charge in [-0.1, -0.05) is 0 Å². The maximum atomic E-state index is 10.2. The van der Waals surface area contributed by atoms with E-state index in [1.807, 2.05) is 0 Å². The van der Waals surface area contributed by atoms with Crippen molar-refractivity contribution in [3.63, 3.8) is 0 Å². The van der Waals surface area contributed by atoms with Crippen molar-refractivity contribution in [2.45, 2.75) is 0 Å². The van der Waals surface area contributed by atoms with Crippen LogP contribution in [0.3, 0.4) is 0 Å². The molecule has 0 saturated heterocycles. The normalized spacial score (nSPS) is 10.4. The average Bonchev–Trinajstić information content (AvgIpc) is 2.16. The molecule has 2 N–H and O–H groups in total. The highest BCUT2D eigenvalue weighted by Gasteiger charge is 2.02. The quantitative estimate of drug-likeness (QED) is 0.700. The smallest absolute Gasteiger partial charge is 0.328 e. The Kier molecular flexibility index (Phi) is 3.06. The zero-order valence-corrected chi connectivity index (χ0v) is 7.47. The van der Waals surface area contributed by atoms with Gasteiger partial charge in [0.2, 0.25) is 0 Å². The molecular formula is C9H9NO4. The summed E-state index contributed by atoms with van der Waals surface area (Å²) in [6.45, 7) is 0. The fourth-order valence-corrected chi connectivity index (χ4v) is 0.847. The molecule has 5 nitrogen and oxygen atoms in total. The van der Waals surface area contributed by atoms with E-state index < -0.39 is 5.97 Å². The summed E-state index contributed by atoms with van der Waals surface area (Å²) in [4.78, 5) is 14.0. The number of aliphatic carboxylic acids is 1. The summed E-state index contributed by atoms with van der Waals surface area (Å²) in [5.41, 5.74) is 0.405. The highest BCUT2D eigenvalue weighted by Crippen LogP contribution is 2.22. The Bertz CT molecular complexity index is 373. The summed E-state index contributed by atoms with van der Waals surface area (Å²) in [7, 11) is 1.37. The number of carboxylic acid groups (broad SMARTS) is 1. The van der Waals surface area contributed by atoms with Gasteiger partial charge in [-0.15, -0.1) is 0 Å². The predicted octanol–water partition coefficient (Wildman–Crippen LogP) is 0.894. The number of ether oxygens (including phenoxy) is 1. The van der Waals surface area contributed by atoms with Crippen LogP contribution in [-0.2, 0) is 4.79 Å². The van der Waals surface area contributed by atoms with Gasteiger partial charge in [0.1, 0.15) is 0 Å². The largest absolute Gasteiger partial charge is 0.503 e. The molecule has 0 aromatic carbocycles. The molecule has 0 bridgehead atoms. The zero-order chi connectivity index (χ0) is 10.6. The lowest BCUT2D eigenvalue weighted by Gasteiger charge is -2.01. The number of aromatic nitrogens is 1. The molecule has 1 aromatic heterocycles. The lowest BCUT2D eigenvalue weighted by atomic mass is 10.3. The number of carbonyl (C=O) groups is 1. The van der Waals surface area contributed by atoms with E-state index in [0.717, 1.165) is 6.08 Å². The van der Waals surface area contributed by atoms with E-state index in [-0.39, 0.29) is 11.6 Å². The molecule has 0 aliphatic heterocycles. The van der Waals surface area contributed by atoms with Crippen LogP contribution < -0.4 is 4.74 Å². The van der Waals surface area contributed by atoms with Crippen molar-refractivity contribution in [3.05, 3.63) is 23.9 Å². The number of pyridine rings is 1. The topological polar surface area (TPSA) is 79.7 Å². The minimum Gasteiger partial charge on any atom is -0.503 e. The molecule has 5 heteroatoms. The molecule has 14 heavy (non-hydrogen) atoms. The highest BCUT2D eigenvalue weighted by molar-refractivity contribution is 5.84. The molecule has 0 aliphatic carbocycles. The number of methoxy groups -OCH3 is 1. The van der Waals surface area contributed by atoms with Crippen molar-refractivity contribution in [2.24, 2.45) is 0 Å². The van der Waals surface area contributed by atoms with Crippen LogP contribution in [-0.4, -0.2) is 28.3 Å². The van der Waals surface area contributed by atoms with E-state index in [2.05, 4.69) is 4.98 Å². The monoisotopic (exact) mass is 195 g/mol. The second-order valence-corrected chi connectivity index (χ2v) is 2.44. The first kappa shape index (κ1) is 10.0. The van der Waals surface area contributed by atoms with Crippen molar-refractivity contribution >= 4 is 12.0 Å². The molecule has 74 valence electrons. The fourth-order valence-electron chi connectivity index (χ4n) is 0.847. The number of hydrogen-bond acceptors (Lipinski definition) is 4. The minimum atomic E-state index is -1.06. The van der Waals surface area contributed by atoms with Gasteiger partial charge in [0.15, 0.2) is 5.75 Å². The molecule has 0 fully saturated rings. The third-order valence-electron chi connectivity index (χ3n) is 1.45. The molecule has 1 rings (SSSR count). The van der Waals surface area contributed by atoms with Crippen molar-refractivity contribution < 1.29 is 19.7 Å². The number of aromatic hydroxyl groups is 1. The lowest BCUT2D eigenvalue weighted by Crippen LogP contribution is -1.91. The first-order chi connectivity index (χ1) is 6.63. The molecule has 0 aliphatic rings. The predicted molar refractivity (Wildman–Crippen MR) is 49.1 cm³/mol. The van der Waals surface area contributed by atoms with Crippen molar-refractivity contribution in [3.8, 4) is 11.6 Å². The van der Waals surface area contributed by atoms with Crippen LogP contribution in [0.25, 0.3) is 6.08 Å². The van der Waals surface area contributed by atoms with E-state index in [9.17, 15) is 9.90 Å². The Morgan fingerprint density at radius 1 is 1.57 bits per heavy atom. The van der Waals surface area contributed by atoms with E-state index >= 15 is 0 Å². The van der Waals surface area contributed by atoms with Gasteiger partial charge in [0.25, 0.3) is 5.88 Å². The molecule has 0 saturated carbocycles. The van der Waals surface area contributed by atoms with Crippen molar-refractivity contribution in [2.75, 3.05) is 7.11 Å². The van der Waals surface area contributed by atoms with E-state index in [4.69, 9.17) is 9.84 Å². The van der Waals surface area contributed by atoms with Crippen LogP contribution >= 0.6 is 0 Å². The van der Waals surface area contributed by atoms with Gasteiger partial charge in [0.05, 0.1) is 12.8 Å². The highest BCUT2D eigenvalue weighted by atomic mass is 16.5. The summed E-state index contributed by atoms with van der Waals surface area (Å²) < 4.78 is 4.75. The minimum absolute atomic E-state index is 0.0672. The van der Waals surface area contributed by atoms with Crippen molar-refractivity contribution in [1.82, 2.24) is 4.98 Å². The summed E-state index contributed by atoms with van der Waals surface area (Å²) in [6.07, 6.45) is 2.27. The molecule has 1 aromatic rings. The first-order valence-corrected chi connectivity index (χ1v) is 3.78. The van der Waals surface area contributed by atoms with Gasteiger partial charge in [-0.25, -0.2) is 9.78 Å². The second kappa shape index (κ2) is 4.27. The summed E-state index contributed by atoms with van der Waals surface area (Å²) in [5, 5.41) is 17.5. The van der Waals surface area contributed by atoms with Crippen LogP contribution in [0.1, 0.15) is 5.69 Å². The van der Waals surface area contributed by atoms with Gasteiger partial charge < -0.3 is 14.9 Å². The maximum Gasteiger partial charge on any atom is 0.328 e. The number of carboxylic acids is 1. The third kappa shape index (κ3) is 2.48. The Morgan fingerprint density at radius 2 is 2.29 bits per heavy atom. The Hall–Kier alpha value is -2.04. The maximum absolute atomic E-state index is 10.2. The molecule has 0 spiro atoms. The van der Waals surface area contributed by atoms with Crippen LogP contribution in [0.2, 0.25) is 0 Å². The lowest BCUT2D eigenvalue weighted by molar-refractivity contribution is -0.131. The Labute approximate surface area is 80.3 Å². The van der Waals surface area contributed by atoms with E-state index in [1.54, 1.807) is 0 Å². The van der Waals surface area contributed by atoms with Crippen molar-refractivity contribution in [1.29, 1.82) is 0 Å². The summed E-state index contributed by atoms with van der Waals surface area (Å²) in [5.74, 6) is -1.07. The van der Waals surface area contributed by atoms with Gasteiger partial charge >= 0.3 is 5.97 Å². The molecule has 0 radical (unpaired) electrons. The number of hydrogen-bond donors (Lipinski definition) is 2. The molecule has 0 atom stereocenters.